The van der Waals surface area contributed by atoms with Crippen molar-refractivity contribution in [3.8, 4) is 22.6 Å². The van der Waals surface area contributed by atoms with E-state index in [9.17, 15) is 31.1 Å². The first-order valence-corrected chi connectivity index (χ1v) is 12.4. The quantitative estimate of drug-likeness (QED) is 0.167. The second-order valence-electron chi connectivity index (χ2n) is 9.07. The number of carbonyl (C=O) groups excluding carboxylic acids is 1. The lowest BCUT2D eigenvalue weighted by molar-refractivity contribution is -0.143. The molecule has 0 aliphatic heterocycles. The van der Waals surface area contributed by atoms with Gasteiger partial charge in [0.05, 0.1) is 45.8 Å². The van der Waals surface area contributed by atoms with Gasteiger partial charge in [0.25, 0.3) is 0 Å². The highest BCUT2D eigenvalue weighted by Gasteiger charge is 2.37. The number of ketones is 1. The van der Waals surface area contributed by atoms with Crippen molar-refractivity contribution < 1.29 is 31.1 Å². The molecule has 3 aromatic heterocycles. The van der Waals surface area contributed by atoms with Crippen LogP contribution in [0.4, 0.5) is 32.0 Å². The third kappa shape index (κ3) is 5.81. The standard InChI is InChI=1S/C28H17ClF6N6O/c29-22-4-2-1-3-20(22)26(42)21-12-19(36)13-38-23(21)24-25(16-5-7-37-8-6-16)41(40-39-24)14-15-9-17(27(30,31)32)11-18(10-15)28(33,34)35/h1-13H,14,36H2. The third-order valence-electron chi connectivity index (χ3n) is 6.16. The van der Waals surface area contributed by atoms with Gasteiger partial charge >= 0.3 is 12.4 Å². The van der Waals surface area contributed by atoms with Crippen molar-refractivity contribution in [3.05, 3.63) is 112 Å². The van der Waals surface area contributed by atoms with E-state index in [-0.39, 0.29) is 50.5 Å². The van der Waals surface area contributed by atoms with E-state index in [0.29, 0.717) is 17.7 Å². The Balaban J connectivity index is 1.69. The molecule has 0 unspecified atom stereocenters. The molecule has 2 aromatic carbocycles. The molecule has 0 saturated heterocycles. The number of rotatable bonds is 6. The van der Waals surface area contributed by atoms with Crippen LogP contribution in [0.15, 0.2) is 79.3 Å². The fourth-order valence-corrected chi connectivity index (χ4v) is 4.52. The van der Waals surface area contributed by atoms with Gasteiger partial charge in [-0.1, -0.05) is 28.9 Å². The van der Waals surface area contributed by atoms with Gasteiger partial charge in [0, 0.05) is 23.5 Å². The molecular formula is C28H17ClF6N6O. The zero-order valence-electron chi connectivity index (χ0n) is 21.1. The average molecular weight is 603 g/mol. The monoisotopic (exact) mass is 602 g/mol. The number of alkyl halides is 6. The van der Waals surface area contributed by atoms with E-state index in [0.717, 1.165) is 4.68 Å². The number of benzene rings is 2. The summed E-state index contributed by atoms with van der Waals surface area (Å²) in [6, 6.07) is 12.0. The molecule has 0 aliphatic rings. The maximum Gasteiger partial charge on any atom is 0.416 e. The summed E-state index contributed by atoms with van der Waals surface area (Å²) in [6.45, 7) is -0.527. The first kappa shape index (κ1) is 28.7. The molecule has 214 valence electrons. The second-order valence-corrected chi connectivity index (χ2v) is 9.48. The van der Waals surface area contributed by atoms with Crippen LogP contribution < -0.4 is 5.73 Å². The van der Waals surface area contributed by atoms with Crippen LogP contribution in [0.3, 0.4) is 0 Å². The number of pyridine rings is 2. The maximum absolute atomic E-state index is 13.6. The van der Waals surface area contributed by atoms with Gasteiger partial charge in [-0.15, -0.1) is 5.10 Å². The van der Waals surface area contributed by atoms with Gasteiger partial charge in [0.15, 0.2) is 5.78 Å². The first-order chi connectivity index (χ1) is 19.8. The predicted molar refractivity (Wildman–Crippen MR) is 141 cm³/mol. The smallest absolute Gasteiger partial charge is 0.397 e. The molecule has 0 bridgehead atoms. The summed E-state index contributed by atoms with van der Waals surface area (Å²) in [6.07, 6.45) is -5.93. The van der Waals surface area contributed by atoms with Gasteiger partial charge in [-0.3, -0.25) is 14.8 Å². The minimum absolute atomic E-state index is 0.00359. The van der Waals surface area contributed by atoms with E-state index in [1.165, 1.54) is 36.8 Å². The summed E-state index contributed by atoms with van der Waals surface area (Å²) < 4.78 is 82.1. The number of halogens is 7. The van der Waals surface area contributed by atoms with E-state index >= 15 is 0 Å². The molecular weight excluding hydrogens is 586 g/mol. The Morgan fingerprint density at radius 1 is 0.857 bits per heavy atom. The van der Waals surface area contributed by atoms with E-state index in [4.69, 9.17) is 17.3 Å². The zero-order valence-corrected chi connectivity index (χ0v) is 21.8. The average Bonchev–Trinajstić information content (AvgIpc) is 3.35. The summed E-state index contributed by atoms with van der Waals surface area (Å²) in [5.41, 5.74) is 3.58. The summed E-state index contributed by atoms with van der Waals surface area (Å²) in [5.74, 6) is -0.543. The van der Waals surface area contributed by atoms with Crippen LogP contribution in [0, 0.1) is 0 Å². The number of aromatic nitrogens is 5. The van der Waals surface area contributed by atoms with Gasteiger partial charge in [-0.25, -0.2) is 4.68 Å². The Hall–Kier alpha value is -4.78. The van der Waals surface area contributed by atoms with E-state index in [1.807, 2.05) is 0 Å². The van der Waals surface area contributed by atoms with E-state index in [2.05, 4.69) is 20.3 Å². The molecule has 42 heavy (non-hydrogen) atoms. The lowest BCUT2D eigenvalue weighted by Crippen LogP contribution is -2.13. The summed E-state index contributed by atoms with van der Waals surface area (Å²) in [4.78, 5) is 21.8. The van der Waals surface area contributed by atoms with Crippen LogP contribution in [0.5, 0.6) is 0 Å². The molecule has 0 spiro atoms. The Labute approximate surface area is 238 Å². The summed E-state index contributed by atoms with van der Waals surface area (Å²) in [5, 5.41) is 8.35. The van der Waals surface area contributed by atoms with Gasteiger partial charge in [0.2, 0.25) is 0 Å². The maximum atomic E-state index is 13.6. The van der Waals surface area contributed by atoms with Gasteiger partial charge in [0.1, 0.15) is 11.4 Å². The molecule has 0 atom stereocenters. The van der Waals surface area contributed by atoms with Crippen molar-refractivity contribution in [3.63, 3.8) is 0 Å². The Kier molecular flexibility index (Phi) is 7.45. The minimum atomic E-state index is -5.03. The van der Waals surface area contributed by atoms with Crippen molar-refractivity contribution in [2.75, 3.05) is 5.73 Å². The molecule has 0 saturated carbocycles. The highest BCUT2D eigenvalue weighted by atomic mass is 35.5. The van der Waals surface area contributed by atoms with Gasteiger partial charge < -0.3 is 5.73 Å². The van der Waals surface area contributed by atoms with Crippen LogP contribution in [-0.4, -0.2) is 30.7 Å². The van der Waals surface area contributed by atoms with Crippen LogP contribution in [0.1, 0.15) is 32.6 Å². The van der Waals surface area contributed by atoms with Crippen LogP contribution in [-0.2, 0) is 18.9 Å². The molecule has 14 heteroatoms. The van der Waals surface area contributed by atoms with Crippen molar-refractivity contribution >= 4 is 23.1 Å². The highest BCUT2D eigenvalue weighted by Crippen LogP contribution is 2.38. The SMILES string of the molecule is Nc1cnc(-c2nnn(Cc3cc(C(F)(F)F)cc(C(F)(F)F)c3)c2-c2ccncc2)c(C(=O)c2ccccc2Cl)c1. The molecule has 0 amide bonds. The molecule has 0 fully saturated rings. The Morgan fingerprint density at radius 2 is 1.50 bits per heavy atom. The number of nitrogens with two attached hydrogens (primary N) is 1. The highest BCUT2D eigenvalue weighted by molar-refractivity contribution is 6.35. The van der Waals surface area contributed by atoms with Crippen molar-refractivity contribution in [2.24, 2.45) is 0 Å². The number of hydrogen-bond donors (Lipinski definition) is 1. The van der Waals surface area contributed by atoms with E-state index in [1.54, 1.807) is 24.3 Å². The van der Waals surface area contributed by atoms with Crippen molar-refractivity contribution in [1.29, 1.82) is 0 Å². The number of hydrogen-bond acceptors (Lipinski definition) is 6. The number of nitrogen functional groups attached to an aromatic ring is 1. The molecule has 5 aromatic rings. The normalized spacial score (nSPS) is 12.0. The topological polar surface area (TPSA) is 99.6 Å². The first-order valence-electron chi connectivity index (χ1n) is 12.0. The zero-order chi connectivity index (χ0) is 30.2. The van der Waals surface area contributed by atoms with E-state index < -0.39 is 35.8 Å². The third-order valence-corrected chi connectivity index (χ3v) is 6.49. The largest absolute Gasteiger partial charge is 0.416 e. The fourth-order valence-electron chi connectivity index (χ4n) is 4.30. The lowest BCUT2D eigenvalue weighted by Gasteiger charge is -2.15. The van der Waals surface area contributed by atoms with Crippen molar-refractivity contribution in [1.82, 2.24) is 25.0 Å². The molecule has 5 rings (SSSR count). The van der Waals surface area contributed by atoms with Crippen LogP contribution in [0.25, 0.3) is 22.6 Å². The second kappa shape index (κ2) is 10.9. The number of carbonyl (C=O) groups is 1. The Bertz CT molecular complexity index is 1750. The van der Waals surface area contributed by atoms with Crippen LogP contribution >= 0.6 is 11.6 Å². The lowest BCUT2D eigenvalue weighted by atomic mass is 9.98. The molecule has 2 N–H and O–H groups in total. The number of nitrogens with zero attached hydrogens (tertiary/aromatic N) is 5. The summed E-state index contributed by atoms with van der Waals surface area (Å²) in [7, 11) is 0. The molecule has 7 nitrogen and oxygen atoms in total. The molecule has 3 heterocycles. The minimum Gasteiger partial charge on any atom is -0.397 e. The number of anilines is 1. The van der Waals surface area contributed by atoms with Gasteiger partial charge in [-0.2, -0.15) is 26.3 Å². The predicted octanol–water partition coefficient (Wildman–Crippen LogP) is 6.95. The van der Waals surface area contributed by atoms with Gasteiger partial charge in [-0.05, 0) is 54.1 Å². The summed E-state index contributed by atoms with van der Waals surface area (Å²) >= 11 is 6.25. The fraction of sp³-hybridized carbons (Fsp3) is 0.107. The van der Waals surface area contributed by atoms with Crippen LogP contribution in [0.2, 0.25) is 5.02 Å². The molecule has 0 radical (unpaired) electrons. The molecule has 0 aliphatic carbocycles. The Morgan fingerprint density at radius 3 is 2.12 bits per heavy atom. The van der Waals surface area contributed by atoms with Crippen molar-refractivity contribution in [2.45, 2.75) is 18.9 Å².